The number of carbonyl (C=O) groups excluding carboxylic acids is 6. The molecule has 4 heterocycles. The quantitative estimate of drug-likeness (QED) is 0.0450. The number of rotatable bonds is 22. The number of aliphatic carboxylic acids is 1. The zero-order valence-corrected chi connectivity index (χ0v) is 45.3. The average Bonchev–Trinajstić information content (AvgIpc) is 3.72. The molecule has 2 aromatic heterocycles. The van der Waals surface area contributed by atoms with Crippen LogP contribution in [0.2, 0.25) is 0 Å². The average molecular weight is 1100 g/mol. The number of anilines is 1. The van der Waals surface area contributed by atoms with Crippen LogP contribution in [-0.2, 0) is 70.0 Å². The van der Waals surface area contributed by atoms with Crippen molar-refractivity contribution in [2.45, 2.75) is 155 Å². The number of hydrogen-bond donors (Lipinski definition) is 9. The first-order valence-electron chi connectivity index (χ1n) is 26.6. The molecule has 9 atom stereocenters. The Hall–Kier alpha value is -7.31. The maximum atomic E-state index is 14.1. The number of ether oxygens (including phenoxy) is 3. The summed E-state index contributed by atoms with van der Waals surface area (Å²) < 4.78 is 18.8. The van der Waals surface area contributed by atoms with Gasteiger partial charge in [-0.15, -0.1) is 0 Å². The van der Waals surface area contributed by atoms with E-state index in [-0.39, 0.29) is 86.5 Å². The number of likely N-dealkylation sites (N-methyl/N-ethyl adjacent to an activating group) is 1. The minimum Gasteiger partial charge on any atom is -0.485 e. The number of aliphatic hydroxyl groups is 4. The highest BCUT2D eigenvalue weighted by Crippen LogP contribution is 2.41. The van der Waals surface area contributed by atoms with Crippen LogP contribution in [0.4, 0.5) is 10.5 Å². The molecule has 1 saturated carbocycles. The lowest BCUT2D eigenvalue weighted by Gasteiger charge is -2.38. The van der Waals surface area contributed by atoms with Gasteiger partial charge in [0.1, 0.15) is 37.3 Å². The van der Waals surface area contributed by atoms with Crippen molar-refractivity contribution in [1.82, 2.24) is 25.1 Å². The van der Waals surface area contributed by atoms with E-state index in [2.05, 4.69) is 16.0 Å². The zero-order chi connectivity index (χ0) is 57.8. The lowest BCUT2D eigenvalue weighted by Crippen LogP contribution is -2.57. The minimum absolute atomic E-state index is 0.00425. The fraction of sp³-hybridized carbons (Fsp3) is 0.518. The van der Waals surface area contributed by atoms with E-state index in [1.54, 1.807) is 38.3 Å². The van der Waals surface area contributed by atoms with Crippen molar-refractivity contribution >= 4 is 58.1 Å². The van der Waals surface area contributed by atoms with E-state index in [0.29, 0.717) is 35.4 Å². The van der Waals surface area contributed by atoms with Crippen LogP contribution in [0.15, 0.2) is 53.3 Å². The van der Waals surface area contributed by atoms with Gasteiger partial charge in [0.25, 0.3) is 5.56 Å². The molecule has 4 amide bonds. The van der Waals surface area contributed by atoms with Gasteiger partial charge < -0.3 is 70.9 Å². The fourth-order valence-electron chi connectivity index (χ4n) is 10.4. The first-order valence-corrected chi connectivity index (χ1v) is 26.6. The number of ketones is 1. The number of Topliss-reactive ketones (excluding diaryl/α,β-unsaturated/α-hetero) is 1. The van der Waals surface area contributed by atoms with Crippen molar-refractivity contribution in [2.24, 2.45) is 23.5 Å². The molecule has 0 saturated heterocycles. The molecule has 1 aliphatic carbocycles. The van der Waals surface area contributed by atoms with Gasteiger partial charge in [-0.3, -0.25) is 28.8 Å². The number of benzene rings is 2. The number of fused-ring (bicyclic) bond motifs is 5. The van der Waals surface area contributed by atoms with Crippen LogP contribution in [0.3, 0.4) is 0 Å². The second-order valence-electron chi connectivity index (χ2n) is 21.2. The summed E-state index contributed by atoms with van der Waals surface area (Å²) in [5.41, 5.74) is 7.29. The van der Waals surface area contributed by atoms with E-state index in [1.165, 1.54) is 30.0 Å². The molecule has 23 heteroatoms. The van der Waals surface area contributed by atoms with Gasteiger partial charge in [-0.1, -0.05) is 52.0 Å². The Labute approximate surface area is 455 Å². The Kier molecular flexibility index (Phi) is 18.6. The molecular weight excluding hydrogens is 1030 g/mol. The summed E-state index contributed by atoms with van der Waals surface area (Å²) >= 11 is 0. The molecule has 0 unspecified atom stereocenters. The molecule has 23 nitrogen and oxygen atoms in total. The lowest BCUT2D eigenvalue weighted by molar-refractivity contribution is -0.174. The number of hydrogen-bond acceptors (Lipinski definition) is 17. The number of esters is 1. The molecule has 426 valence electrons. The van der Waals surface area contributed by atoms with E-state index in [0.717, 1.165) is 16.5 Å². The summed E-state index contributed by atoms with van der Waals surface area (Å²) in [6, 6.07) is 11.1. The first kappa shape index (κ1) is 59.4. The van der Waals surface area contributed by atoms with Crippen molar-refractivity contribution in [1.29, 1.82) is 0 Å². The topological polar surface area (TPSA) is 349 Å². The molecule has 0 bridgehead atoms. The number of carboxylic acid groups (broad SMARTS) is 1. The third-order valence-electron chi connectivity index (χ3n) is 15.1. The number of amides is 4. The van der Waals surface area contributed by atoms with Gasteiger partial charge in [0.2, 0.25) is 17.7 Å². The Balaban J connectivity index is 1.09. The smallest absolute Gasteiger partial charge is 0.410 e. The van der Waals surface area contributed by atoms with Crippen LogP contribution in [0.1, 0.15) is 108 Å². The molecule has 7 rings (SSSR count). The summed E-state index contributed by atoms with van der Waals surface area (Å²) in [7, 11) is 0. The normalized spacial score (nSPS) is 21.4. The Bertz CT molecular complexity index is 3070. The predicted octanol–water partition coefficient (Wildman–Crippen LogP) is 2.52. The van der Waals surface area contributed by atoms with E-state index in [4.69, 9.17) is 24.9 Å². The fourth-order valence-corrected chi connectivity index (χ4v) is 10.4. The van der Waals surface area contributed by atoms with Gasteiger partial charge in [0, 0.05) is 60.8 Å². The molecule has 3 aliphatic rings. The molecule has 2 aromatic carbocycles. The molecule has 10 N–H and O–H groups in total. The van der Waals surface area contributed by atoms with Crippen LogP contribution < -0.4 is 32.0 Å². The summed E-state index contributed by atoms with van der Waals surface area (Å²) in [5, 5.41) is 62.2. The molecular formula is C56H71N7O16. The highest BCUT2D eigenvalue weighted by atomic mass is 16.6. The van der Waals surface area contributed by atoms with Crippen LogP contribution in [0.25, 0.3) is 22.3 Å². The number of pyridine rings is 2. The molecule has 2 aliphatic heterocycles. The zero-order valence-electron chi connectivity index (χ0n) is 45.3. The monoisotopic (exact) mass is 1100 g/mol. The van der Waals surface area contributed by atoms with Crippen molar-refractivity contribution in [3.05, 3.63) is 86.7 Å². The Morgan fingerprint density at radius 1 is 0.949 bits per heavy atom. The van der Waals surface area contributed by atoms with E-state index in [1.807, 2.05) is 38.1 Å². The van der Waals surface area contributed by atoms with Crippen LogP contribution in [-0.4, -0.2) is 137 Å². The highest BCUT2D eigenvalue weighted by Gasteiger charge is 2.48. The van der Waals surface area contributed by atoms with E-state index < -0.39 is 107 Å². The van der Waals surface area contributed by atoms with Gasteiger partial charge in [0.05, 0.1) is 58.8 Å². The third-order valence-corrected chi connectivity index (χ3v) is 15.1. The maximum absolute atomic E-state index is 14.1. The first-order chi connectivity index (χ1) is 37.4. The van der Waals surface area contributed by atoms with Gasteiger partial charge in [-0.2, -0.15) is 0 Å². The summed E-state index contributed by atoms with van der Waals surface area (Å²) in [6.07, 6.45) is -8.21. The standard InChI is InChI=1S/C56H71N7O16/c1-8-56(76)36-23-40-46-34(24-63(40)52(71)35(36)26-77-54(56)74)31(32-12-10-11-13-38(32)59-46)18-19-62(28(5)6)55(75)78-25-30-14-16-39(42(21-30)79-43-22-33(53(72)73)47(66)49(68)48(43)67)60-50(69)29(7)20-41(64)45(27(3)4)61-44(65)17-15-37(57)51(70)58-9-2/h10-14,16,21,23,27-29,33,37,43,45,47-49,66-68,76H,8-9,15,17-20,22,24-26,57H2,1-7H3,(H,58,70)(H,60,69)(H,61,65)(H,72,73)/t29-,33+,37-,43-,45+,47-,48+,49+,56+/m1/s1. The number of nitrogens with two attached hydrogens (primary N) is 1. The summed E-state index contributed by atoms with van der Waals surface area (Å²) in [5.74, 6) is -7.33. The van der Waals surface area contributed by atoms with Crippen LogP contribution in [0, 0.1) is 17.8 Å². The number of carboxylic acids is 1. The van der Waals surface area contributed by atoms with Crippen LogP contribution >= 0.6 is 0 Å². The maximum Gasteiger partial charge on any atom is 0.410 e. The SMILES string of the molecule is CCNC(=O)[C@H](N)CCC(=O)N[C@H](C(=O)C[C@@H](C)C(=O)Nc1ccc(COC(=O)N(CCc2c3c(nc4ccccc24)-c2cc4c(c(=O)n2C3)COC(=O)[C@]4(O)CC)C(C)C)cc1O[C@@H]1C[C@H](C(=O)O)[C@@H](O)[C@H](O)[C@H]1O)C(C)C. The van der Waals surface area contributed by atoms with Crippen molar-refractivity contribution < 1.29 is 73.3 Å². The highest BCUT2D eigenvalue weighted by molar-refractivity contribution is 5.98. The third kappa shape index (κ3) is 12.6. The van der Waals surface area contributed by atoms with Crippen molar-refractivity contribution in [3.63, 3.8) is 0 Å². The minimum atomic E-state index is -2.01. The van der Waals surface area contributed by atoms with Crippen molar-refractivity contribution in [3.8, 4) is 17.1 Å². The largest absolute Gasteiger partial charge is 0.485 e. The molecule has 0 spiro atoms. The second-order valence-corrected chi connectivity index (χ2v) is 21.2. The Morgan fingerprint density at radius 3 is 2.34 bits per heavy atom. The number of para-hydroxylation sites is 1. The lowest BCUT2D eigenvalue weighted by atomic mass is 9.80. The van der Waals surface area contributed by atoms with Gasteiger partial charge >= 0.3 is 18.0 Å². The van der Waals surface area contributed by atoms with E-state index >= 15 is 0 Å². The molecule has 79 heavy (non-hydrogen) atoms. The molecule has 1 fully saturated rings. The number of nitrogens with one attached hydrogen (secondary N) is 3. The molecule has 0 radical (unpaired) electrons. The predicted molar refractivity (Wildman–Crippen MR) is 285 cm³/mol. The van der Waals surface area contributed by atoms with Gasteiger partial charge in [-0.25, -0.2) is 14.6 Å². The van der Waals surface area contributed by atoms with Crippen LogP contribution in [0.5, 0.6) is 5.75 Å². The summed E-state index contributed by atoms with van der Waals surface area (Å²) in [4.78, 5) is 112. The number of carbonyl (C=O) groups is 7. The number of nitrogens with zero attached hydrogens (tertiary/aromatic N) is 3. The number of aromatic nitrogens is 2. The summed E-state index contributed by atoms with van der Waals surface area (Å²) in [6.45, 7) is 12.0. The second kappa shape index (κ2) is 24.8. The Morgan fingerprint density at radius 2 is 1.67 bits per heavy atom. The van der Waals surface area contributed by atoms with E-state index in [9.17, 15) is 63.9 Å². The number of cyclic esters (lactones) is 1. The van der Waals surface area contributed by atoms with Gasteiger partial charge in [0.15, 0.2) is 11.4 Å². The van der Waals surface area contributed by atoms with Crippen molar-refractivity contribution in [2.75, 3.05) is 18.4 Å². The molecule has 4 aromatic rings. The number of aliphatic hydroxyl groups excluding tert-OH is 3. The van der Waals surface area contributed by atoms with Gasteiger partial charge in [-0.05, 0) is 81.3 Å².